The van der Waals surface area contributed by atoms with Gasteiger partial charge in [0.1, 0.15) is 5.69 Å². The highest BCUT2D eigenvalue weighted by atomic mass is 16.6. The minimum atomic E-state index is -0.545. The van der Waals surface area contributed by atoms with Crippen LogP contribution in [0.5, 0.6) is 0 Å². The van der Waals surface area contributed by atoms with E-state index in [1.807, 2.05) is 6.07 Å². The predicted molar refractivity (Wildman–Crippen MR) is 78.9 cm³/mol. The van der Waals surface area contributed by atoms with E-state index in [9.17, 15) is 15.2 Å². The Morgan fingerprint density at radius 1 is 1.62 bits per heavy atom. The lowest BCUT2D eigenvalue weighted by molar-refractivity contribution is -0.384. The van der Waals surface area contributed by atoms with Crippen molar-refractivity contribution in [1.29, 1.82) is 5.26 Å². The maximum atomic E-state index is 11.1. The van der Waals surface area contributed by atoms with Gasteiger partial charge in [0.05, 0.1) is 28.7 Å². The zero-order chi connectivity index (χ0) is 15.5. The van der Waals surface area contributed by atoms with Gasteiger partial charge in [-0.05, 0) is 30.9 Å². The molecule has 0 radical (unpaired) electrons. The molecule has 0 spiro atoms. The number of hydrogen-bond acceptors (Lipinski definition) is 5. The number of anilines is 1. The molecule has 1 aromatic carbocycles. The lowest BCUT2D eigenvalue weighted by Gasteiger charge is -2.40. The Bertz CT molecular complexity index is 582. The summed E-state index contributed by atoms with van der Waals surface area (Å²) in [6, 6.07) is 6.23. The van der Waals surface area contributed by atoms with E-state index < -0.39 is 10.5 Å². The number of nitrogens with zero attached hydrogens (tertiary/aromatic N) is 2. The summed E-state index contributed by atoms with van der Waals surface area (Å²) < 4.78 is 0. The number of nitrogens with one attached hydrogen (secondary N) is 1. The summed E-state index contributed by atoms with van der Waals surface area (Å²) in [5.41, 5.74) is 0.0542. The quantitative estimate of drug-likeness (QED) is 0.656. The van der Waals surface area contributed by atoms with Crippen molar-refractivity contribution in [2.24, 2.45) is 5.92 Å². The van der Waals surface area contributed by atoms with Crippen LogP contribution in [0.15, 0.2) is 18.2 Å². The van der Waals surface area contributed by atoms with Gasteiger partial charge in [0.2, 0.25) is 0 Å². The van der Waals surface area contributed by atoms with E-state index in [1.54, 1.807) is 0 Å². The lowest BCUT2D eigenvalue weighted by atomic mass is 9.76. The molecular formula is C15H19N3O3. The van der Waals surface area contributed by atoms with Crippen molar-refractivity contribution >= 4 is 11.4 Å². The van der Waals surface area contributed by atoms with Crippen LogP contribution in [0.4, 0.5) is 11.4 Å². The Morgan fingerprint density at radius 2 is 2.38 bits per heavy atom. The Kier molecular flexibility index (Phi) is 4.43. The predicted octanol–water partition coefficient (Wildman–Crippen LogP) is 2.82. The van der Waals surface area contributed by atoms with E-state index in [1.165, 1.54) is 18.2 Å². The maximum absolute atomic E-state index is 11.1. The average Bonchev–Trinajstić information content (AvgIpc) is 2.46. The first kappa shape index (κ1) is 15.3. The third-order valence-corrected chi connectivity index (χ3v) is 4.12. The van der Waals surface area contributed by atoms with Gasteiger partial charge in [0.15, 0.2) is 0 Å². The van der Waals surface area contributed by atoms with Gasteiger partial charge in [0, 0.05) is 6.07 Å². The molecule has 1 aliphatic rings. The molecule has 1 aromatic rings. The second-order valence-corrected chi connectivity index (χ2v) is 5.87. The van der Waals surface area contributed by atoms with Gasteiger partial charge in [-0.25, -0.2) is 0 Å². The monoisotopic (exact) mass is 289 g/mol. The van der Waals surface area contributed by atoms with Crippen LogP contribution >= 0.6 is 0 Å². The molecule has 2 unspecified atom stereocenters. The van der Waals surface area contributed by atoms with Gasteiger partial charge in [-0.15, -0.1) is 0 Å². The molecule has 0 bridgehead atoms. The smallest absolute Gasteiger partial charge is 0.292 e. The number of rotatable bonds is 4. The van der Waals surface area contributed by atoms with Crippen molar-refractivity contribution in [3.05, 3.63) is 33.9 Å². The van der Waals surface area contributed by atoms with Crippen LogP contribution in [0.2, 0.25) is 0 Å². The summed E-state index contributed by atoms with van der Waals surface area (Å²) in [6.07, 6.45) is 3.60. The molecule has 21 heavy (non-hydrogen) atoms. The average molecular weight is 289 g/mol. The summed E-state index contributed by atoms with van der Waals surface area (Å²) >= 11 is 0. The first-order valence-electron chi connectivity index (χ1n) is 7.07. The number of nitriles is 1. The number of nitro groups is 1. The highest BCUT2D eigenvalue weighted by Gasteiger charge is 2.35. The van der Waals surface area contributed by atoms with E-state index in [0.29, 0.717) is 17.2 Å². The molecule has 2 rings (SSSR count). The molecule has 0 aromatic heterocycles. The molecule has 112 valence electrons. The fourth-order valence-corrected chi connectivity index (χ4v) is 3.11. The van der Waals surface area contributed by atoms with Crippen LogP contribution in [0.3, 0.4) is 0 Å². The minimum absolute atomic E-state index is 0.0694. The summed E-state index contributed by atoms with van der Waals surface area (Å²) in [6.45, 7) is 2.04. The SMILES string of the molecule is CC1CCCC(CO)(Nc2cc(C#N)ccc2[N+](=O)[O-])C1. The van der Waals surface area contributed by atoms with Crippen molar-refractivity contribution in [3.63, 3.8) is 0 Å². The van der Waals surface area contributed by atoms with Gasteiger partial charge in [0.25, 0.3) is 5.69 Å². The Labute approximate surface area is 123 Å². The summed E-state index contributed by atoms with van der Waals surface area (Å²) in [4.78, 5) is 10.7. The number of aliphatic hydroxyl groups is 1. The molecule has 2 N–H and O–H groups in total. The summed E-state index contributed by atoms with van der Waals surface area (Å²) in [5, 5.41) is 33.0. The number of benzene rings is 1. The molecule has 6 heteroatoms. The van der Waals surface area contributed by atoms with Crippen LogP contribution < -0.4 is 5.32 Å². The largest absolute Gasteiger partial charge is 0.394 e. The van der Waals surface area contributed by atoms with Gasteiger partial charge >= 0.3 is 0 Å². The first-order valence-corrected chi connectivity index (χ1v) is 7.07. The van der Waals surface area contributed by atoms with Crippen LogP contribution in [0.25, 0.3) is 0 Å². The summed E-state index contributed by atoms with van der Waals surface area (Å²) in [5.74, 6) is 0.455. The second kappa shape index (κ2) is 6.10. The van der Waals surface area contributed by atoms with E-state index in [2.05, 4.69) is 12.2 Å². The molecule has 0 amide bonds. The van der Waals surface area contributed by atoms with Crippen molar-refractivity contribution in [3.8, 4) is 6.07 Å². The molecule has 2 atom stereocenters. The van der Waals surface area contributed by atoms with E-state index in [4.69, 9.17) is 5.26 Å². The van der Waals surface area contributed by atoms with Crippen molar-refractivity contribution in [2.75, 3.05) is 11.9 Å². The molecule has 0 aliphatic heterocycles. The van der Waals surface area contributed by atoms with Gasteiger partial charge in [-0.3, -0.25) is 10.1 Å². The Hall–Kier alpha value is -2.13. The maximum Gasteiger partial charge on any atom is 0.292 e. The van der Waals surface area contributed by atoms with Crippen molar-refractivity contribution < 1.29 is 10.0 Å². The zero-order valence-corrected chi connectivity index (χ0v) is 12.0. The lowest BCUT2D eigenvalue weighted by Crippen LogP contribution is -2.46. The Balaban J connectivity index is 2.36. The molecule has 6 nitrogen and oxygen atoms in total. The molecule has 1 fully saturated rings. The van der Waals surface area contributed by atoms with Crippen LogP contribution in [0, 0.1) is 27.4 Å². The van der Waals surface area contributed by atoms with Gasteiger partial charge in [-0.1, -0.05) is 19.8 Å². The number of hydrogen-bond donors (Lipinski definition) is 2. The van der Waals surface area contributed by atoms with Crippen LogP contribution in [-0.4, -0.2) is 22.2 Å². The van der Waals surface area contributed by atoms with E-state index in [-0.39, 0.29) is 12.3 Å². The second-order valence-electron chi connectivity index (χ2n) is 5.87. The third-order valence-electron chi connectivity index (χ3n) is 4.12. The van der Waals surface area contributed by atoms with Crippen LogP contribution in [0.1, 0.15) is 38.2 Å². The van der Waals surface area contributed by atoms with Crippen molar-refractivity contribution in [1.82, 2.24) is 0 Å². The molecule has 1 aliphatic carbocycles. The molecule has 0 heterocycles. The molecule has 0 saturated heterocycles. The highest BCUT2D eigenvalue weighted by Crippen LogP contribution is 2.37. The standard InChI is InChI=1S/C15H19N3O3/c1-11-3-2-6-15(8-11,10-19)17-13-7-12(9-16)4-5-14(13)18(20)21/h4-5,7,11,17,19H,2-3,6,8,10H2,1H3. The highest BCUT2D eigenvalue weighted by molar-refractivity contribution is 5.65. The fraction of sp³-hybridized carbons (Fsp3) is 0.533. The number of nitro benzene ring substituents is 1. The van der Waals surface area contributed by atoms with E-state index in [0.717, 1.165) is 25.7 Å². The van der Waals surface area contributed by atoms with Gasteiger partial charge in [-0.2, -0.15) is 5.26 Å². The van der Waals surface area contributed by atoms with Crippen molar-refractivity contribution in [2.45, 2.75) is 38.1 Å². The Morgan fingerprint density at radius 3 is 2.95 bits per heavy atom. The zero-order valence-electron chi connectivity index (χ0n) is 12.0. The van der Waals surface area contributed by atoms with Crippen LogP contribution in [-0.2, 0) is 0 Å². The van der Waals surface area contributed by atoms with Gasteiger partial charge < -0.3 is 10.4 Å². The first-order chi connectivity index (χ1) is 9.99. The normalized spacial score (nSPS) is 25.1. The topological polar surface area (TPSA) is 99.2 Å². The minimum Gasteiger partial charge on any atom is -0.394 e. The van der Waals surface area contributed by atoms with E-state index >= 15 is 0 Å². The fourth-order valence-electron chi connectivity index (χ4n) is 3.11. The number of aliphatic hydroxyl groups excluding tert-OH is 1. The summed E-state index contributed by atoms with van der Waals surface area (Å²) in [7, 11) is 0. The molecular weight excluding hydrogens is 270 g/mol. The third kappa shape index (κ3) is 3.31. The molecule has 1 saturated carbocycles.